The van der Waals surface area contributed by atoms with Crippen molar-refractivity contribution in [2.45, 2.75) is 25.7 Å². The Morgan fingerprint density at radius 1 is 0.324 bits per heavy atom. The fraction of sp³-hybridized carbons (Fsp3) is 0.0667. The third kappa shape index (κ3) is 6.22. The lowest BCUT2D eigenvalue weighted by Gasteiger charge is -2.22. The van der Waals surface area contributed by atoms with Crippen molar-refractivity contribution in [1.82, 2.24) is 9.97 Å². The van der Waals surface area contributed by atoms with Crippen LogP contribution in [0.4, 0.5) is 11.4 Å². The van der Waals surface area contributed by atoms with E-state index in [9.17, 15) is 20.2 Å². The molecule has 12 aromatic rings. The normalized spacial score (nSPS) is 12.7. The van der Waals surface area contributed by atoms with Gasteiger partial charge in [-0.2, -0.15) is 0 Å². The average molecular weight is 881 g/mol. The van der Waals surface area contributed by atoms with Crippen LogP contribution in [-0.4, -0.2) is 19.8 Å². The Kier molecular flexibility index (Phi) is 8.92. The number of nitro benzene ring substituents is 2. The fourth-order valence-electron chi connectivity index (χ4n) is 11.3. The summed E-state index contributed by atoms with van der Waals surface area (Å²) in [6, 6.07) is 60.9. The zero-order chi connectivity index (χ0) is 45.6. The summed E-state index contributed by atoms with van der Waals surface area (Å²) in [6.45, 7) is 0. The zero-order valence-electron chi connectivity index (χ0n) is 36.7. The van der Waals surface area contributed by atoms with Gasteiger partial charge in [-0.3, -0.25) is 20.2 Å². The molecule has 0 amide bonds. The number of nitrogens with zero attached hydrogens (tertiary/aromatic N) is 2. The van der Waals surface area contributed by atoms with Crippen molar-refractivity contribution >= 4 is 76.5 Å². The summed E-state index contributed by atoms with van der Waals surface area (Å²) in [6.07, 6.45) is 3.56. The van der Waals surface area contributed by atoms with Gasteiger partial charge >= 0.3 is 0 Å². The average Bonchev–Trinajstić information content (AvgIpc) is 3.96. The van der Waals surface area contributed by atoms with Crippen molar-refractivity contribution in [2.24, 2.45) is 0 Å². The zero-order valence-corrected chi connectivity index (χ0v) is 36.7. The number of para-hydroxylation sites is 4. The molecule has 2 aliphatic carbocycles. The number of aromatic amines is 2. The van der Waals surface area contributed by atoms with Gasteiger partial charge in [0.25, 0.3) is 11.4 Å². The van der Waals surface area contributed by atoms with Gasteiger partial charge in [0, 0.05) is 44.7 Å². The highest BCUT2D eigenvalue weighted by Crippen LogP contribution is 2.46. The molecule has 2 aromatic heterocycles. The van der Waals surface area contributed by atoms with Gasteiger partial charge in [-0.25, -0.2) is 0 Å². The van der Waals surface area contributed by atoms with E-state index < -0.39 is 0 Å². The van der Waals surface area contributed by atoms with E-state index in [-0.39, 0.29) is 21.2 Å². The molecule has 0 atom stereocenters. The maximum absolute atomic E-state index is 11.8. The molecule has 2 aliphatic rings. The highest BCUT2D eigenvalue weighted by Gasteiger charge is 2.25. The fourth-order valence-corrected chi connectivity index (χ4v) is 11.3. The monoisotopic (exact) mass is 880 g/mol. The minimum atomic E-state index is -0.369. The Morgan fingerprint density at radius 3 is 1.03 bits per heavy atom. The number of H-pyrrole nitrogens is 2. The van der Waals surface area contributed by atoms with E-state index >= 15 is 0 Å². The summed E-state index contributed by atoms with van der Waals surface area (Å²) in [5, 5.41) is 33.3. The predicted molar refractivity (Wildman–Crippen MR) is 275 cm³/mol. The Hall–Kier alpha value is -8.88. The molecule has 0 bridgehead atoms. The lowest BCUT2D eigenvalue weighted by molar-refractivity contribution is -0.384. The van der Waals surface area contributed by atoms with E-state index in [0.29, 0.717) is 11.1 Å². The molecule has 8 nitrogen and oxygen atoms in total. The first kappa shape index (κ1) is 39.5. The molecule has 0 spiro atoms. The van der Waals surface area contributed by atoms with Crippen LogP contribution in [0.1, 0.15) is 44.5 Å². The first-order valence-corrected chi connectivity index (χ1v) is 22.9. The summed E-state index contributed by atoms with van der Waals surface area (Å²) in [5.41, 5.74) is 18.1. The lowest BCUT2D eigenvalue weighted by atomic mass is 9.82. The van der Waals surface area contributed by atoms with Gasteiger partial charge in [0.1, 0.15) is 0 Å². The summed E-state index contributed by atoms with van der Waals surface area (Å²) in [4.78, 5) is 30.4. The van der Waals surface area contributed by atoms with Crippen molar-refractivity contribution in [2.75, 3.05) is 0 Å². The van der Waals surface area contributed by atoms with Gasteiger partial charge in [0.05, 0.1) is 32.0 Å². The van der Waals surface area contributed by atoms with Crippen molar-refractivity contribution in [3.63, 3.8) is 0 Å². The number of hydrogen-bond acceptors (Lipinski definition) is 4. The third-order valence-corrected chi connectivity index (χ3v) is 14.4. The number of nitrogens with one attached hydrogen (secondary N) is 2. The Bertz CT molecular complexity index is 3860. The molecular formula is C60H40N4O4. The lowest BCUT2D eigenvalue weighted by Crippen LogP contribution is -2.07. The van der Waals surface area contributed by atoms with Crippen LogP contribution in [0.15, 0.2) is 182 Å². The second-order valence-corrected chi connectivity index (χ2v) is 18.1. The largest absolute Gasteiger partial charge is 0.353 e. The van der Waals surface area contributed by atoms with Gasteiger partial charge in [0.15, 0.2) is 0 Å². The highest BCUT2D eigenvalue weighted by molar-refractivity contribution is 6.35. The van der Waals surface area contributed by atoms with Crippen LogP contribution < -0.4 is 0 Å². The molecule has 0 fully saturated rings. The van der Waals surface area contributed by atoms with E-state index in [4.69, 9.17) is 0 Å². The van der Waals surface area contributed by atoms with Crippen LogP contribution in [0.3, 0.4) is 0 Å². The molecule has 8 heteroatoms. The summed E-state index contributed by atoms with van der Waals surface area (Å²) < 4.78 is 0. The van der Waals surface area contributed by atoms with Crippen LogP contribution in [0.25, 0.3) is 87.4 Å². The van der Waals surface area contributed by atoms with Gasteiger partial charge in [-0.05, 0) is 151 Å². The van der Waals surface area contributed by atoms with Crippen LogP contribution in [0.5, 0.6) is 0 Å². The molecular weight excluding hydrogens is 841 g/mol. The highest BCUT2D eigenvalue weighted by atomic mass is 16.6. The number of rotatable bonds is 4. The van der Waals surface area contributed by atoms with Gasteiger partial charge in [0.2, 0.25) is 0 Å². The second-order valence-electron chi connectivity index (χ2n) is 18.1. The smallest absolute Gasteiger partial charge is 0.277 e. The number of benzene rings is 10. The number of fused-ring (bicyclic) bond motifs is 15. The molecule has 68 heavy (non-hydrogen) atoms. The number of aromatic nitrogens is 2. The summed E-state index contributed by atoms with van der Waals surface area (Å²) in [7, 11) is 0. The van der Waals surface area contributed by atoms with Crippen LogP contribution in [-0.2, 0) is 25.7 Å². The van der Waals surface area contributed by atoms with Crippen molar-refractivity contribution < 1.29 is 9.85 Å². The maximum atomic E-state index is 11.8. The molecule has 2 heterocycles. The molecule has 0 saturated carbocycles. The van der Waals surface area contributed by atoms with Gasteiger partial charge in [-0.15, -0.1) is 0 Å². The van der Waals surface area contributed by atoms with Crippen molar-refractivity contribution in [3.05, 3.63) is 247 Å². The molecule has 0 unspecified atom stereocenters. The minimum absolute atomic E-state index is 0.0281. The molecule has 0 radical (unpaired) electrons. The topological polar surface area (TPSA) is 118 Å². The number of nitro groups is 2. The van der Waals surface area contributed by atoms with Crippen molar-refractivity contribution in [3.8, 4) is 22.3 Å². The van der Waals surface area contributed by atoms with Crippen LogP contribution >= 0.6 is 0 Å². The Balaban J connectivity index is 0.000000135. The quantitative estimate of drug-likeness (QED) is 0.135. The molecule has 0 saturated heterocycles. The van der Waals surface area contributed by atoms with Gasteiger partial charge in [-0.1, -0.05) is 121 Å². The van der Waals surface area contributed by atoms with E-state index in [0.717, 1.165) is 47.6 Å². The third-order valence-electron chi connectivity index (χ3n) is 14.4. The maximum Gasteiger partial charge on any atom is 0.277 e. The first-order chi connectivity index (χ1) is 33.4. The van der Waals surface area contributed by atoms with Crippen molar-refractivity contribution in [1.29, 1.82) is 0 Å². The summed E-state index contributed by atoms with van der Waals surface area (Å²) >= 11 is 0. The predicted octanol–water partition coefficient (Wildman–Crippen LogP) is 15.1. The molecule has 324 valence electrons. The Labute approximate surface area is 389 Å². The van der Waals surface area contributed by atoms with Gasteiger partial charge < -0.3 is 9.97 Å². The first-order valence-electron chi connectivity index (χ1n) is 22.9. The second kappa shape index (κ2) is 15.4. The minimum Gasteiger partial charge on any atom is -0.353 e. The molecule has 2 N–H and O–H groups in total. The molecule has 14 rings (SSSR count). The summed E-state index contributed by atoms with van der Waals surface area (Å²) in [5.74, 6) is 0. The van der Waals surface area contributed by atoms with E-state index in [1.807, 2.05) is 24.3 Å². The van der Waals surface area contributed by atoms with Crippen LogP contribution in [0, 0.1) is 20.2 Å². The standard InChI is InChI=1S/C30H20N2O4.C30H20N2/c33-31(34)29-11-5-3-9-25(29)23-13-14-24(26-10-4-6-12-30(26)32(35)36)28-18-22-16-20-8-2-1-7-19(20)15-21(22)17-27(23)28;1-2-8-18-14-20-16-24-23(15-19(20)13-17(18)7-1)27-21-9-3-5-11-25(21)31-29(27)30-28(24)22-10-4-6-12-26(22)32-30/h1-14,17-18H,15-16H2;1-12,15-16,31-32H,13-14H2. The Morgan fingerprint density at radius 2 is 0.647 bits per heavy atom. The van der Waals surface area contributed by atoms with E-state index in [1.165, 1.54) is 111 Å². The SMILES string of the molecule is O=[N+]([O-])c1ccccc1-c1ccc(-c2ccccc2[N+](=O)[O-])c2cc3c(cc12)Cc1ccccc1C3.c1ccc2c(c1)Cc1cc3c(cc1C2)c1c2ccccc2[nH]c1c1[nH]c2ccccc2c31. The van der Waals surface area contributed by atoms with Crippen LogP contribution in [0.2, 0.25) is 0 Å². The molecule has 10 aromatic carbocycles. The molecule has 0 aliphatic heterocycles. The van der Waals surface area contributed by atoms with E-state index in [1.54, 1.807) is 36.4 Å². The number of hydrogen-bond donors (Lipinski definition) is 2. The van der Waals surface area contributed by atoms with E-state index in [2.05, 4.69) is 119 Å².